The molecule has 212 valence electrons. The second-order valence-corrected chi connectivity index (χ2v) is 11.0. The van der Waals surface area contributed by atoms with Crippen LogP contribution in [0.3, 0.4) is 0 Å². The fraction of sp³-hybridized carbons (Fsp3) is 0.111. The van der Waals surface area contributed by atoms with Crippen LogP contribution in [0, 0.1) is 0 Å². The molecule has 0 spiro atoms. The molecule has 0 aliphatic rings. The Labute approximate surface area is 244 Å². The molecule has 3 N–H and O–H groups in total. The zero-order chi connectivity index (χ0) is 29.8. The molecule has 1 unspecified atom stereocenters. The van der Waals surface area contributed by atoms with Crippen LogP contribution in [0.15, 0.2) is 61.2 Å². The van der Waals surface area contributed by atoms with Gasteiger partial charge in [-0.15, -0.1) is 22.7 Å². The lowest BCUT2D eigenvalue weighted by atomic mass is 10.3. The molecule has 0 fully saturated rings. The maximum Gasteiger partial charge on any atom is 0.345 e. The number of aromatic nitrogens is 6. The van der Waals surface area contributed by atoms with E-state index >= 15 is 0 Å². The molecule has 6 heterocycles. The summed E-state index contributed by atoms with van der Waals surface area (Å²) in [5.74, 6) is -1.20. The zero-order valence-corrected chi connectivity index (χ0v) is 23.4. The van der Waals surface area contributed by atoms with Crippen LogP contribution < -0.4 is 5.32 Å². The molecule has 6 rings (SSSR count). The highest BCUT2D eigenvalue weighted by molar-refractivity contribution is 7.17. The van der Waals surface area contributed by atoms with Gasteiger partial charge in [-0.25, -0.2) is 23.8 Å². The van der Waals surface area contributed by atoms with Crippen molar-refractivity contribution in [2.24, 2.45) is 0 Å². The molecule has 13 nitrogen and oxygen atoms in total. The van der Waals surface area contributed by atoms with Crippen LogP contribution in [-0.4, -0.2) is 76.5 Å². The Kier molecular flexibility index (Phi) is 8.24. The van der Waals surface area contributed by atoms with Crippen molar-refractivity contribution in [3.8, 4) is 21.1 Å². The predicted octanol–water partition coefficient (Wildman–Crippen LogP) is 3.35. The van der Waals surface area contributed by atoms with Crippen molar-refractivity contribution < 1.29 is 29.4 Å². The lowest BCUT2D eigenvalue weighted by Crippen LogP contribution is -2.29. The third-order valence-electron chi connectivity index (χ3n) is 5.76. The van der Waals surface area contributed by atoms with E-state index in [1.807, 2.05) is 0 Å². The summed E-state index contributed by atoms with van der Waals surface area (Å²) in [5.41, 5.74) is 3.04. The fourth-order valence-corrected chi connectivity index (χ4v) is 5.44. The first-order chi connectivity index (χ1) is 20.3. The molecule has 0 aromatic carbocycles. The van der Waals surface area contributed by atoms with Gasteiger partial charge in [-0.3, -0.25) is 14.4 Å². The summed E-state index contributed by atoms with van der Waals surface area (Å²) in [6.45, 7) is 1.81. The van der Waals surface area contributed by atoms with Crippen LogP contribution in [0.25, 0.3) is 32.4 Å². The van der Waals surface area contributed by atoms with Gasteiger partial charge in [0.25, 0.3) is 5.91 Å². The number of aldehydes is 2. The Bertz CT molecular complexity index is 1940. The first kappa shape index (κ1) is 28.4. The van der Waals surface area contributed by atoms with Crippen molar-refractivity contribution in [2.75, 3.05) is 6.54 Å². The quantitative estimate of drug-likeness (QED) is 0.218. The van der Waals surface area contributed by atoms with Gasteiger partial charge in [0.2, 0.25) is 0 Å². The van der Waals surface area contributed by atoms with E-state index in [9.17, 15) is 24.3 Å². The number of rotatable bonds is 8. The highest BCUT2D eigenvalue weighted by Crippen LogP contribution is 2.28. The van der Waals surface area contributed by atoms with Crippen LogP contribution in [0.4, 0.5) is 0 Å². The number of aliphatic hydroxyl groups excluding tert-OH is 1. The molecular weight excluding hydrogens is 582 g/mol. The van der Waals surface area contributed by atoms with Gasteiger partial charge in [0.05, 0.1) is 55.6 Å². The molecule has 0 bridgehead atoms. The van der Waals surface area contributed by atoms with Gasteiger partial charge in [0.1, 0.15) is 4.88 Å². The predicted molar refractivity (Wildman–Crippen MR) is 154 cm³/mol. The number of carbonyl (C=O) groups is 4. The number of nitrogens with zero attached hydrogens (tertiary/aromatic N) is 6. The second-order valence-electron chi connectivity index (χ2n) is 8.79. The van der Waals surface area contributed by atoms with E-state index in [1.54, 1.807) is 49.6 Å². The average molecular weight is 604 g/mol. The van der Waals surface area contributed by atoms with Crippen molar-refractivity contribution in [3.63, 3.8) is 0 Å². The van der Waals surface area contributed by atoms with Gasteiger partial charge in [0, 0.05) is 18.9 Å². The number of hydrogen-bond donors (Lipinski definition) is 3. The van der Waals surface area contributed by atoms with Crippen LogP contribution in [0.1, 0.15) is 47.0 Å². The number of thiophene rings is 2. The van der Waals surface area contributed by atoms with E-state index in [0.29, 0.717) is 51.3 Å². The molecule has 6 aromatic rings. The van der Waals surface area contributed by atoms with E-state index in [-0.39, 0.29) is 17.3 Å². The summed E-state index contributed by atoms with van der Waals surface area (Å²) in [6, 6.07) is 10.2. The third-order valence-corrected chi connectivity index (χ3v) is 7.96. The summed E-state index contributed by atoms with van der Waals surface area (Å²) >= 11 is 2.43. The molecule has 6 aromatic heterocycles. The third kappa shape index (κ3) is 5.97. The van der Waals surface area contributed by atoms with Crippen LogP contribution in [0.5, 0.6) is 0 Å². The molecule has 1 atom stereocenters. The second kappa shape index (κ2) is 12.2. The Balaban J connectivity index is 0.000000171. The average Bonchev–Trinajstić information content (AvgIpc) is 3.80. The van der Waals surface area contributed by atoms with Gasteiger partial charge < -0.3 is 15.5 Å². The van der Waals surface area contributed by atoms with Crippen LogP contribution >= 0.6 is 22.7 Å². The minimum Gasteiger partial charge on any atom is -0.477 e. The SMILES string of the molecule is CC(O)CNC(=O)c1ccc(-c2ccn3ncc(C=O)c3n2)s1.O=Cc1cnn2ccc(-c3ccc(C(=O)O)s3)nc12. The van der Waals surface area contributed by atoms with E-state index < -0.39 is 12.1 Å². The number of aromatic carboxylic acids is 1. The lowest BCUT2D eigenvalue weighted by Gasteiger charge is -2.05. The highest BCUT2D eigenvalue weighted by atomic mass is 32.1. The van der Waals surface area contributed by atoms with Crippen molar-refractivity contribution in [1.29, 1.82) is 0 Å². The molecule has 0 saturated carbocycles. The highest BCUT2D eigenvalue weighted by Gasteiger charge is 2.14. The van der Waals surface area contributed by atoms with Crippen molar-refractivity contribution in [2.45, 2.75) is 13.0 Å². The van der Waals surface area contributed by atoms with Gasteiger partial charge >= 0.3 is 5.97 Å². The summed E-state index contributed by atoms with van der Waals surface area (Å²) < 4.78 is 3.02. The number of carbonyl (C=O) groups excluding carboxylic acids is 3. The maximum absolute atomic E-state index is 12.0. The topological polar surface area (TPSA) is 181 Å². The summed E-state index contributed by atoms with van der Waals surface area (Å²) in [4.78, 5) is 55.8. The number of hydrogen-bond acceptors (Lipinski definition) is 11. The van der Waals surface area contributed by atoms with Gasteiger partial charge in [-0.1, -0.05) is 0 Å². The smallest absolute Gasteiger partial charge is 0.345 e. The lowest BCUT2D eigenvalue weighted by molar-refractivity contribution is 0.0701. The standard InChI is InChI=1S/C15H14N4O3S.C12H7N3O3S/c1-9(21)6-16-15(22)13-3-2-12(23-13)11-4-5-19-14(18-11)10(8-20)7-17-19;16-6-7-5-13-15-4-3-8(14-11(7)15)9-1-2-10(19-9)12(17)18/h2-5,7-9,21H,6H2,1H3,(H,16,22);1-6H,(H,17,18). The number of carboxylic acid groups (broad SMARTS) is 1. The molecule has 0 aliphatic carbocycles. The van der Waals surface area contributed by atoms with E-state index in [1.165, 1.54) is 38.8 Å². The summed E-state index contributed by atoms with van der Waals surface area (Å²) in [5, 5.41) is 28.8. The molecule has 0 radical (unpaired) electrons. The Hall–Kier alpha value is -5.12. The number of amides is 1. The molecule has 0 aliphatic heterocycles. The molecule has 15 heteroatoms. The van der Waals surface area contributed by atoms with E-state index in [2.05, 4.69) is 25.5 Å². The van der Waals surface area contributed by atoms with Crippen molar-refractivity contribution in [3.05, 3.63) is 82.1 Å². The summed E-state index contributed by atoms with van der Waals surface area (Å²) in [7, 11) is 0. The Morgan fingerprint density at radius 2 is 1.36 bits per heavy atom. The van der Waals surface area contributed by atoms with Crippen molar-refractivity contribution >= 4 is 58.4 Å². The van der Waals surface area contributed by atoms with E-state index in [4.69, 9.17) is 5.11 Å². The Morgan fingerprint density at radius 1 is 0.857 bits per heavy atom. The van der Waals surface area contributed by atoms with E-state index in [0.717, 1.165) is 21.1 Å². The number of aliphatic hydroxyl groups is 1. The first-order valence-electron chi connectivity index (χ1n) is 12.3. The van der Waals surface area contributed by atoms with Crippen LogP contribution in [-0.2, 0) is 0 Å². The van der Waals surface area contributed by atoms with Gasteiger partial charge in [0.15, 0.2) is 23.9 Å². The van der Waals surface area contributed by atoms with Crippen LogP contribution in [0.2, 0.25) is 0 Å². The van der Waals surface area contributed by atoms with Gasteiger partial charge in [-0.2, -0.15) is 10.2 Å². The maximum atomic E-state index is 12.0. The minimum atomic E-state index is -0.963. The monoisotopic (exact) mass is 603 g/mol. The first-order valence-corrected chi connectivity index (χ1v) is 13.9. The number of nitrogens with one attached hydrogen (secondary N) is 1. The summed E-state index contributed by atoms with van der Waals surface area (Å²) in [6.07, 6.45) is 7.12. The molecular formula is C27H21N7O6S2. The number of fused-ring (bicyclic) bond motifs is 2. The molecule has 1 amide bonds. The number of carboxylic acids is 1. The normalized spacial score (nSPS) is 11.6. The Morgan fingerprint density at radius 3 is 1.81 bits per heavy atom. The molecule has 42 heavy (non-hydrogen) atoms. The van der Waals surface area contributed by atoms with Crippen molar-refractivity contribution in [1.82, 2.24) is 34.5 Å². The van der Waals surface area contributed by atoms with Gasteiger partial charge in [-0.05, 0) is 43.3 Å². The largest absolute Gasteiger partial charge is 0.477 e. The molecule has 0 saturated heterocycles. The minimum absolute atomic E-state index is 0.203. The fourth-order valence-electron chi connectivity index (χ4n) is 3.73. The zero-order valence-electron chi connectivity index (χ0n) is 21.7.